The van der Waals surface area contributed by atoms with E-state index in [1.165, 1.54) is 0 Å². The summed E-state index contributed by atoms with van der Waals surface area (Å²) in [5.74, 6) is 5.75. The molecule has 2 aromatic heterocycles. The van der Waals surface area contributed by atoms with Gasteiger partial charge in [-0.3, -0.25) is 20.6 Å². The van der Waals surface area contributed by atoms with Crippen molar-refractivity contribution in [2.24, 2.45) is 12.9 Å². The van der Waals surface area contributed by atoms with E-state index in [2.05, 4.69) is 29.5 Å². The van der Waals surface area contributed by atoms with Crippen LogP contribution in [0.4, 0.5) is 0 Å². The van der Waals surface area contributed by atoms with Crippen LogP contribution in [0.15, 0.2) is 6.07 Å². The van der Waals surface area contributed by atoms with Gasteiger partial charge in [-0.15, -0.1) is 0 Å². The van der Waals surface area contributed by atoms with Crippen molar-refractivity contribution in [2.75, 3.05) is 0 Å². The zero-order valence-corrected chi connectivity index (χ0v) is 13.8. The van der Waals surface area contributed by atoms with Gasteiger partial charge >= 0.3 is 0 Å². The number of rotatable bonds is 6. The van der Waals surface area contributed by atoms with Gasteiger partial charge in [-0.2, -0.15) is 10.2 Å². The molecule has 0 amide bonds. The van der Waals surface area contributed by atoms with Crippen LogP contribution in [0.5, 0.6) is 0 Å². The lowest BCUT2D eigenvalue weighted by atomic mass is 10.1. The van der Waals surface area contributed by atoms with Gasteiger partial charge in [0.05, 0.1) is 33.8 Å². The largest absolute Gasteiger partial charge is 0.271 e. The Morgan fingerprint density at radius 3 is 2.57 bits per heavy atom. The van der Waals surface area contributed by atoms with Gasteiger partial charge in [-0.1, -0.05) is 18.5 Å². The van der Waals surface area contributed by atoms with E-state index < -0.39 is 0 Å². The van der Waals surface area contributed by atoms with E-state index in [9.17, 15) is 0 Å². The van der Waals surface area contributed by atoms with E-state index in [1.807, 2.05) is 29.4 Å². The lowest BCUT2D eigenvalue weighted by Gasteiger charge is -2.17. The SMILES string of the molecule is CCc1nn(CC)c(CC(NN)c2cc(C)nn2C)c1Cl. The molecule has 0 spiro atoms. The summed E-state index contributed by atoms with van der Waals surface area (Å²) < 4.78 is 3.80. The van der Waals surface area contributed by atoms with Gasteiger partial charge in [0.1, 0.15) is 0 Å². The van der Waals surface area contributed by atoms with Crippen molar-refractivity contribution >= 4 is 11.6 Å². The number of hydrogen-bond acceptors (Lipinski definition) is 4. The number of hydrogen-bond donors (Lipinski definition) is 2. The minimum atomic E-state index is -0.0552. The van der Waals surface area contributed by atoms with Crippen molar-refractivity contribution in [2.45, 2.75) is 46.2 Å². The molecule has 7 heteroatoms. The standard InChI is InChI=1S/C14H23ClN6/c1-5-10-14(15)13(21(6-2)19-10)8-11(17-16)12-7-9(3)18-20(12)4/h7,11,17H,5-6,8,16H2,1-4H3. The maximum Gasteiger partial charge on any atom is 0.0850 e. The predicted octanol–water partition coefficient (Wildman–Crippen LogP) is 1.91. The van der Waals surface area contributed by atoms with Gasteiger partial charge in [-0.05, 0) is 26.3 Å². The van der Waals surface area contributed by atoms with Crippen LogP contribution < -0.4 is 11.3 Å². The van der Waals surface area contributed by atoms with Crippen molar-refractivity contribution in [1.82, 2.24) is 25.0 Å². The van der Waals surface area contributed by atoms with E-state index in [4.69, 9.17) is 17.4 Å². The molecule has 0 aliphatic rings. The van der Waals surface area contributed by atoms with Crippen LogP contribution in [0.2, 0.25) is 5.02 Å². The maximum absolute atomic E-state index is 6.47. The molecule has 0 aromatic carbocycles. The second kappa shape index (κ2) is 6.60. The molecule has 0 saturated carbocycles. The van der Waals surface area contributed by atoms with Crippen molar-refractivity contribution in [3.63, 3.8) is 0 Å². The van der Waals surface area contributed by atoms with Gasteiger partial charge in [0, 0.05) is 20.0 Å². The number of nitrogens with zero attached hydrogens (tertiary/aromatic N) is 4. The molecule has 21 heavy (non-hydrogen) atoms. The quantitative estimate of drug-likeness (QED) is 0.631. The summed E-state index contributed by atoms with van der Waals surface area (Å²) in [4.78, 5) is 0. The Morgan fingerprint density at radius 2 is 2.10 bits per heavy atom. The molecule has 1 atom stereocenters. The van der Waals surface area contributed by atoms with E-state index in [0.717, 1.165) is 40.8 Å². The Morgan fingerprint density at radius 1 is 1.38 bits per heavy atom. The topological polar surface area (TPSA) is 73.7 Å². The first-order chi connectivity index (χ1) is 10.0. The van der Waals surface area contributed by atoms with Crippen LogP contribution >= 0.6 is 11.6 Å². The molecule has 0 saturated heterocycles. The molecule has 6 nitrogen and oxygen atoms in total. The molecule has 2 heterocycles. The summed E-state index contributed by atoms with van der Waals surface area (Å²) >= 11 is 6.47. The van der Waals surface area contributed by atoms with E-state index in [0.29, 0.717) is 6.42 Å². The molecule has 0 bridgehead atoms. The van der Waals surface area contributed by atoms with Crippen LogP contribution in [0, 0.1) is 6.92 Å². The predicted molar refractivity (Wildman–Crippen MR) is 84.0 cm³/mol. The zero-order chi connectivity index (χ0) is 15.6. The number of nitrogens with two attached hydrogens (primary N) is 1. The van der Waals surface area contributed by atoms with Crippen molar-refractivity contribution in [3.05, 3.63) is 33.9 Å². The minimum absolute atomic E-state index is 0.0552. The van der Waals surface area contributed by atoms with Crippen LogP contribution in [0.1, 0.15) is 42.7 Å². The van der Waals surface area contributed by atoms with Gasteiger partial charge in [-0.25, -0.2) is 0 Å². The molecule has 116 valence electrons. The third-order valence-electron chi connectivity index (χ3n) is 3.69. The lowest BCUT2D eigenvalue weighted by molar-refractivity contribution is 0.486. The van der Waals surface area contributed by atoms with E-state index in [1.54, 1.807) is 0 Å². The van der Waals surface area contributed by atoms with E-state index in [-0.39, 0.29) is 6.04 Å². The molecule has 1 unspecified atom stereocenters. The number of hydrazine groups is 1. The Kier molecular flexibility index (Phi) is 5.03. The number of aryl methyl sites for hydroxylation is 4. The fourth-order valence-electron chi connectivity index (χ4n) is 2.61. The second-order valence-electron chi connectivity index (χ2n) is 5.13. The molecule has 2 aromatic rings. The normalized spacial score (nSPS) is 12.9. The Balaban J connectivity index is 2.35. The highest BCUT2D eigenvalue weighted by atomic mass is 35.5. The smallest absolute Gasteiger partial charge is 0.0850 e. The average Bonchev–Trinajstić information content (AvgIpc) is 2.95. The lowest BCUT2D eigenvalue weighted by Crippen LogP contribution is -2.31. The molecular weight excluding hydrogens is 288 g/mol. The van der Waals surface area contributed by atoms with Crippen LogP contribution in [-0.2, 0) is 26.4 Å². The monoisotopic (exact) mass is 310 g/mol. The average molecular weight is 311 g/mol. The number of aromatic nitrogens is 4. The Hall–Kier alpha value is -1.37. The van der Waals surface area contributed by atoms with Gasteiger partial charge in [0.2, 0.25) is 0 Å². The minimum Gasteiger partial charge on any atom is -0.271 e. The van der Waals surface area contributed by atoms with Crippen LogP contribution in [-0.4, -0.2) is 19.6 Å². The molecule has 2 rings (SSSR count). The fraction of sp³-hybridized carbons (Fsp3) is 0.571. The van der Waals surface area contributed by atoms with Crippen LogP contribution in [0.25, 0.3) is 0 Å². The van der Waals surface area contributed by atoms with Gasteiger partial charge in [0.15, 0.2) is 0 Å². The molecule has 3 N–H and O–H groups in total. The summed E-state index contributed by atoms with van der Waals surface area (Å²) in [5.41, 5.74) is 6.82. The molecule has 0 radical (unpaired) electrons. The van der Waals surface area contributed by atoms with Crippen molar-refractivity contribution in [3.8, 4) is 0 Å². The third kappa shape index (κ3) is 3.12. The summed E-state index contributed by atoms with van der Waals surface area (Å²) in [7, 11) is 1.92. The van der Waals surface area contributed by atoms with Gasteiger partial charge < -0.3 is 0 Å². The molecule has 0 fully saturated rings. The summed E-state index contributed by atoms with van der Waals surface area (Å²) in [5, 5.41) is 9.67. The first kappa shape index (κ1) is 16.0. The molecule has 0 aliphatic heterocycles. The number of nitrogens with one attached hydrogen (secondary N) is 1. The highest BCUT2D eigenvalue weighted by Gasteiger charge is 2.21. The summed E-state index contributed by atoms with van der Waals surface area (Å²) in [6.07, 6.45) is 1.50. The van der Waals surface area contributed by atoms with Crippen molar-refractivity contribution in [1.29, 1.82) is 0 Å². The molecule has 0 aliphatic carbocycles. The van der Waals surface area contributed by atoms with Crippen LogP contribution in [0.3, 0.4) is 0 Å². The second-order valence-corrected chi connectivity index (χ2v) is 5.51. The van der Waals surface area contributed by atoms with Crippen molar-refractivity contribution < 1.29 is 0 Å². The highest BCUT2D eigenvalue weighted by molar-refractivity contribution is 6.31. The summed E-state index contributed by atoms with van der Waals surface area (Å²) in [6, 6.07) is 1.98. The first-order valence-corrected chi connectivity index (χ1v) is 7.60. The first-order valence-electron chi connectivity index (χ1n) is 7.22. The van der Waals surface area contributed by atoms with Gasteiger partial charge in [0.25, 0.3) is 0 Å². The Bertz CT molecular complexity index is 615. The third-order valence-corrected chi connectivity index (χ3v) is 4.12. The fourth-order valence-corrected chi connectivity index (χ4v) is 2.96. The number of halogens is 1. The summed E-state index contributed by atoms with van der Waals surface area (Å²) in [6.45, 7) is 6.87. The van der Waals surface area contributed by atoms with E-state index >= 15 is 0 Å². The maximum atomic E-state index is 6.47. The molecular formula is C14H23ClN6. The Labute approximate surface area is 130 Å². The highest BCUT2D eigenvalue weighted by Crippen LogP contribution is 2.26. The zero-order valence-electron chi connectivity index (χ0n) is 13.0.